The van der Waals surface area contributed by atoms with Crippen molar-refractivity contribution in [2.24, 2.45) is 0 Å². The molecule has 0 radical (unpaired) electrons. The van der Waals surface area contributed by atoms with Crippen molar-refractivity contribution in [3.63, 3.8) is 0 Å². The third kappa shape index (κ3) is 2.64. The number of hydrogen-bond donors (Lipinski definition) is 0. The molecule has 0 aliphatic heterocycles. The maximum absolute atomic E-state index is 13.7. The van der Waals surface area contributed by atoms with E-state index in [1.807, 2.05) is 0 Å². The highest BCUT2D eigenvalue weighted by atomic mass is 32.1. The minimum atomic E-state index is -0.742. The highest BCUT2D eigenvalue weighted by Crippen LogP contribution is 2.32. The molecule has 108 valence electrons. The average molecular weight is 308 g/mol. The van der Waals surface area contributed by atoms with Gasteiger partial charge in [-0.2, -0.15) is 0 Å². The maximum Gasteiger partial charge on any atom is 0.226 e. The Bertz CT molecular complexity index is 799. The molecule has 0 saturated heterocycles. The van der Waals surface area contributed by atoms with Crippen LogP contribution in [-0.4, -0.2) is 10.9 Å². The second-order valence-corrected chi connectivity index (χ2v) is 5.42. The van der Waals surface area contributed by atoms with Crippen LogP contribution < -0.4 is 4.90 Å². The first-order valence-corrected chi connectivity index (χ1v) is 6.92. The molecule has 0 unspecified atom stereocenters. The van der Waals surface area contributed by atoms with Gasteiger partial charge in [-0.25, -0.2) is 13.8 Å². The van der Waals surface area contributed by atoms with Gasteiger partial charge in [-0.15, -0.1) is 0 Å². The number of carbonyl (C=O) groups is 1. The molecule has 0 aliphatic carbocycles. The quantitative estimate of drug-likeness (QED) is 0.741. The van der Waals surface area contributed by atoms with Crippen LogP contribution in [0.15, 0.2) is 34.9 Å². The summed E-state index contributed by atoms with van der Waals surface area (Å²) in [5.74, 6) is -1.09. The van der Waals surface area contributed by atoms with Crippen LogP contribution in [0, 0.1) is 11.6 Å². The first-order valence-electron chi connectivity index (χ1n) is 6.10. The second-order valence-electron chi connectivity index (χ2n) is 4.42. The van der Waals surface area contributed by atoms with Gasteiger partial charge < -0.3 is 4.42 Å². The van der Waals surface area contributed by atoms with E-state index < -0.39 is 11.6 Å². The number of hydrogen-bond acceptors (Lipinski definition) is 4. The summed E-state index contributed by atoms with van der Waals surface area (Å²) in [7, 11) is 0. The van der Waals surface area contributed by atoms with Gasteiger partial charge in [-0.05, 0) is 18.2 Å². The Morgan fingerprint density at radius 3 is 2.90 bits per heavy atom. The van der Waals surface area contributed by atoms with E-state index in [4.69, 9.17) is 4.42 Å². The van der Waals surface area contributed by atoms with Crippen molar-refractivity contribution in [3.8, 4) is 0 Å². The van der Waals surface area contributed by atoms with Crippen LogP contribution in [0.4, 0.5) is 13.9 Å². The molecule has 0 bridgehead atoms. The van der Waals surface area contributed by atoms with E-state index in [1.54, 1.807) is 12.1 Å². The largest absolute Gasteiger partial charge is 0.467 e. The fourth-order valence-corrected chi connectivity index (χ4v) is 2.98. The van der Waals surface area contributed by atoms with Gasteiger partial charge in [0.1, 0.15) is 17.1 Å². The lowest BCUT2D eigenvalue weighted by molar-refractivity contribution is -0.116. The number of aromatic nitrogens is 1. The normalized spacial score (nSPS) is 11.0. The van der Waals surface area contributed by atoms with E-state index >= 15 is 0 Å². The third-order valence-electron chi connectivity index (χ3n) is 2.91. The molecule has 0 spiro atoms. The average Bonchev–Trinajstić information content (AvgIpc) is 3.03. The molecule has 0 atom stereocenters. The first-order chi connectivity index (χ1) is 10.0. The van der Waals surface area contributed by atoms with E-state index in [2.05, 4.69) is 4.98 Å². The van der Waals surface area contributed by atoms with Crippen molar-refractivity contribution in [1.82, 2.24) is 4.98 Å². The second kappa shape index (κ2) is 5.25. The summed E-state index contributed by atoms with van der Waals surface area (Å²) in [4.78, 5) is 17.2. The molecule has 0 saturated carbocycles. The van der Waals surface area contributed by atoms with Gasteiger partial charge in [-0.3, -0.25) is 9.69 Å². The number of rotatable bonds is 3. The number of nitrogens with zero attached hydrogens (tertiary/aromatic N) is 2. The third-order valence-corrected chi connectivity index (χ3v) is 3.93. The maximum atomic E-state index is 13.7. The number of carbonyl (C=O) groups excluding carboxylic acids is 1. The van der Waals surface area contributed by atoms with E-state index in [-0.39, 0.29) is 18.0 Å². The van der Waals surface area contributed by atoms with Gasteiger partial charge in [0.15, 0.2) is 10.9 Å². The molecule has 3 rings (SSSR count). The molecule has 0 aliphatic rings. The van der Waals surface area contributed by atoms with Gasteiger partial charge >= 0.3 is 0 Å². The lowest BCUT2D eigenvalue weighted by Gasteiger charge is -2.15. The summed E-state index contributed by atoms with van der Waals surface area (Å²) in [6, 6.07) is 5.41. The van der Waals surface area contributed by atoms with E-state index in [9.17, 15) is 13.6 Å². The molecular weight excluding hydrogens is 298 g/mol. The van der Waals surface area contributed by atoms with Gasteiger partial charge in [-0.1, -0.05) is 11.3 Å². The zero-order valence-corrected chi connectivity index (χ0v) is 11.8. The standard InChI is InChI=1S/C14H10F2N2O2S/c1-8(19)18(7-10-3-2-4-20-10)14-17-13-11(16)5-9(15)6-12(13)21-14/h2-6H,7H2,1H3. The number of anilines is 1. The van der Waals surface area contributed by atoms with Crippen molar-refractivity contribution in [3.05, 3.63) is 47.9 Å². The van der Waals surface area contributed by atoms with Crippen LogP contribution in [0.3, 0.4) is 0 Å². The summed E-state index contributed by atoms with van der Waals surface area (Å²) in [5, 5.41) is 0.304. The lowest BCUT2D eigenvalue weighted by atomic mass is 10.3. The van der Waals surface area contributed by atoms with Crippen LogP contribution in [0.1, 0.15) is 12.7 Å². The fourth-order valence-electron chi connectivity index (χ4n) is 1.93. The molecule has 7 heteroatoms. The zero-order valence-electron chi connectivity index (χ0n) is 11.0. The van der Waals surface area contributed by atoms with Crippen molar-refractivity contribution in [2.45, 2.75) is 13.5 Å². The van der Waals surface area contributed by atoms with E-state index in [1.165, 1.54) is 24.2 Å². The molecule has 0 fully saturated rings. The smallest absolute Gasteiger partial charge is 0.226 e. The van der Waals surface area contributed by atoms with Crippen molar-refractivity contribution in [2.75, 3.05) is 4.90 Å². The highest BCUT2D eigenvalue weighted by Gasteiger charge is 2.19. The summed E-state index contributed by atoms with van der Waals surface area (Å²) in [6.45, 7) is 1.57. The Morgan fingerprint density at radius 2 is 2.24 bits per heavy atom. The number of thiazole rings is 1. The van der Waals surface area contributed by atoms with Crippen molar-refractivity contribution in [1.29, 1.82) is 0 Å². The van der Waals surface area contributed by atoms with Gasteiger partial charge in [0, 0.05) is 13.0 Å². The molecule has 2 aromatic heterocycles. The lowest BCUT2D eigenvalue weighted by Crippen LogP contribution is -2.27. The first kappa shape index (κ1) is 13.7. The topological polar surface area (TPSA) is 46.3 Å². The molecule has 3 aromatic rings. The Balaban J connectivity index is 2.03. The highest BCUT2D eigenvalue weighted by molar-refractivity contribution is 7.22. The molecule has 0 N–H and O–H groups in total. The summed E-state index contributed by atoms with van der Waals surface area (Å²) in [6.07, 6.45) is 1.50. The van der Waals surface area contributed by atoms with E-state index in [0.29, 0.717) is 15.6 Å². The molecule has 2 heterocycles. The van der Waals surface area contributed by atoms with Crippen LogP contribution >= 0.6 is 11.3 Å². The molecule has 1 aromatic carbocycles. The monoisotopic (exact) mass is 308 g/mol. The number of furan rings is 1. The Morgan fingerprint density at radius 1 is 1.43 bits per heavy atom. The van der Waals surface area contributed by atoms with Crippen molar-refractivity contribution < 1.29 is 18.0 Å². The van der Waals surface area contributed by atoms with Crippen LogP contribution in [0.5, 0.6) is 0 Å². The minimum absolute atomic E-state index is 0.0575. The minimum Gasteiger partial charge on any atom is -0.467 e. The fraction of sp³-hybridized carbons (Fsp3) is 0.143. The van der Waals surface area contributed by atoms with E-state index in [0.717, 1.165) is 17.4 Å². The Hall–Kier alpha value is -2.28. The summed E-state index contributed by atoms with van der Waals surface area (Å²) < 4.78 is 32.5. The number of benzene rings is 1. The van der Waals surface area contributed by atoms with Crippen LogP contribution in [0.2, 0.25) is 0 Å². The Kier molecular flexibility index (Phi) is 3.42. The molecular formula is C14H10F2N2O2S. The van der Waals surface area contributed by atoms with Crippen molar-refractivity contribution >= 4 is 32.6 Å². The predicted octanol–water partition coefficient (Wildman–Crippen LogP) is 3.72. The van der Waals surface area contributed by atoms with Crippen LogP contribution in [-0.2, 0) is 11.3 Å². The van der Waals surface area contributed by atoms with Gasteiger partial charge in [0.2, 0.25) is 5.91 Å². The Labute approximate surface area is 122 Å². The zero-order chi connectivity index (χ0) is 15.0. The molecule has 1 amide bonds. The van der Waals surface area contributed by atoms with Gasteiger partial charge in [0.25, 0.3) is 0 Å². The number of halogens is 2. The number of fused-ring (bicyclic) bond motifs is 1. The van der Waals surface area contributed by atoms with Crippen LogP contribution in [0.25, 0.3) is 10.2 Å². The summed E-state index contributed by atoms with van der Waals surface area (Å²) in [5.41, 5.74) is 0.0575. The predicted molar refractivity (Wildman–Crippen MR) is 75.1 cm³/mol. The van der Waals surface area contributed by atoms with Gasteiger partial charge in [0.05, 0.1) is 17.5 Å². The molecule has 4 nitrogen and oxygen atoms in total. The molecule has 21 heavy (non-hydrogen) atoms. The number of amides is 1. The summed E-state index contributed by atoms with van der Waals surface area (Å²) >= 11 is 1.06. The SMILES string of the molecule is CC(=O)N(Cc1ccco1)c1nc2c(F)cc(F)cc2s1.